The predicted molar refractivity (Wildman–Crippen MR) is 2.06 cm³/mol. The van der Waals surface area contributed by atoms with E-state index in [0.717, 1.165) is 0 Å². The van der Waals surface area contributed by atoms with E-state index in [2.05, 4.69) is 0 Å². The standard InChI is InChI=1S/3Cr.La.6O/q;;;+3;;;;3*-1. The Balaban J connectivity index is -0.0000000257. The molecule has 0 rings (SSSR count). The number of hydrogen-bond donors (Lipinski definition) is 0. The summed E-state index contributed by atoms with van der Waals surface area (Å²) in [6, 6.07) is 0. The first-order valence-electron chi connectivity index (χ1n) is 1.00. The van der Waals surface area contributed by atoms with Crippen LogP contribution in [-0.4, -0.2) is 0 Å². The number of hydrogen-bond acceptors (Lipinski definition) is 6. The number of rotatable bonds is 0. The van der Waals surface area contributed by atoms with E-state index in [1.807, 2.05) is 0 Å². The van der Waals surface area contributed by atoms with E-state index in [4.69, 9.17) is 23.9 Å². The SMILES string of the molecule is [La+3].[O]=[Cr][O-].[O]=[Cr][O-].[O]=[Cr][O-]. The van der Waals surface area contributed by atoms with Gasteiger partial charge in [0.05, 0.1) is 0 Å². The van der Waals surface area contributed by atoms with Crippen molar-refractivity contribution in [3.05, 3.63) is 0 Å². The van der Waals surface area contributed by atoms with E-state index in [-0.39, 0.29) is 35.6 Å². The second kappa shape index (κ2) is 43.7. The molecule has 0 N–H and O–H groups in total. The fraction of sp³-hybridized carbons (Fsp3) is 0. The molecule has 0 fully saturated rings. The maximum atomic E-state index is 8.44. The first-order valence-corrected chi connectivity index (χ1v) is 4.12. The van der Waals surface area contributed by atoms with Crippen molar-refractivity contribution in [3.8, 4) is 0 Å². The van der Waals surface area contributed by atoms with Gasteiger partial charge < -0.3 is 0 Å². The van der Waals surface area contributed by atoms with Crippen molar-refractivity contribution in [2.45, 2.75) is 0 Å². The maximum absolute atomic E-state index is 8.44. The van der Waals surface area contributed by atoms with E-state index in [0.29, 0.717) is 0 Å². The van der Waals surface area contributed by atoms with E-state index in [9.17, 15) is 0 Å². The second-order valence-corrected chi connectivity index (χ2v) is 0.842. The van der Waals surface area contributed by atoms with E-state index >= 15 is 0 Å². The molecule has 0 amide bonds. The molecule has 0 aromatic rings. The molecule has 0 saturated carbocycles. The van der Waals surface area contributed by atoms with Gasteiger partial charge in [0.15, 0.2) is 0 Å². The van der Waals surface area contributed by atoms with Crippen molar-refractivity contribution in [2.75, 3.05) is 0 Å². The first kappa shape index (κ1) is 22.7. The molecule has 0 aliphatic heterocycles. The Morgan fingerprint density at radius 3 is 0.700 bits per heavy atom. The predicted octanol–water partition coefficient (Wildman–Crippen LogP) is -3.93. The molecule has 0 aromatic heterocycles. The minimum absolute atomic E-state index is 0. The van der Waals surface area contributed by atoms with Gasteiger partial charge in [-0.15, -0.1) is 0 Å². The van der Waals surface area contributed by atoms with E-state index < -0.39 is 46.5 Å². The van der Waals surface area contributed by atoms with Crippen molar-refractivity contribution < 1.29 is 106 Å². The Bertz CT molecular complexity index is 49.7. The van der Waals surface area contributed by atoms with Gasteiger partial charge in [0.1, 0.15) is 0 Å². The zero-order valence-corrected chi connectivity index (χ0v) is 11.7. The molecule has 0 unspecified atom stereocenters. The molecule has 0 saturated heterocycles. The Kier molecular flexibility index (Phi) is 99.2. The van der Waals surface area contributed by atoms with Gasteiger partial charge in [0.2, 0.25) is 0 Å². The Morgan fingerprint density at radius 2 is 0.700 bits per heavy atom. The van der Waals surface area contributed by atoms with Gasteiger partial charge in [-0.05, 0) is 0 Å². The molecule has 0 atom stereocenters. The molecular weight excluding hydrogens is 391 g/mol. The first-order chi connectivity index (χ1) is 4.24. The quantitative estimate of drug-likeness (QED) is 0.416. The van der Waals surface area contributed by atoms with Crippen LogP contribution in [0.5, 0.6) is 0 Å². The normalized spacial score (nSPS) is 3.90. The van der Waals surface area contributed by atoms with Crippen molar-refractivity contribution in [2.24, 2.45) is 0 Å². The third-order valence-corrected chi connectivity index (χ3v) is 0. The van der Waals surface area contributed by atoms with E-state index in [1.165, 1.54) is 0 Å². The summed E-state index contributed by atoms with van der Waals surface area (Å²) in [6.07, 6.45) is 0. The van der Waals surface area contributed by atoms with Crippen LogP contribution in [0, 0.1) is 35.6 Å². The molecule has 0 bridgehead atoms. The molecule has 0 aliphatic rings. The van der Waals surface area contributed by atoms with Gasteiger partial charge in [0, 0.05) is 0 Å². The molecule has 0 heterocycles. The Labute approximate surface area is 104 Å². The van der Waals surface area contributed by atoms with E-state index in [1.54, 1.807) is 0 Å². The van der Waals surface area contributed by atoms with Crippen LogP contribution in [0.3, 0.4) is 0 Å². The van der Waals surface area contributed by atoms with Gasteiger partial charge in [0.25, 0.3) is 0 Å². The van der Waals surface area contributed by atoms with Crippen molar-refractivity contribution in [3.63, 3.8) is 0 Å². The minimum atomic E-state index is -1.62. The summed E-state index contributed by atoms with van der Waals surface area (Å²) in [4.78, 5) is 0. The molecular formula is Cr3LaO6. The Morgan fingerprint density at radius 1 is 0.700 bits per heavy atom. The van der Waals surface area contributed by atoms with Crippen LogP contribution in [0.15, 0.2) is 0 Å². The molecule has 0 radical (unpaired) electrons. The average Bonchev–Trinajstić information content (AvgIpc) is 1.70. The van der Waals surface area contributed by atoms with Crippen LogP contribution >= 0.6 is 0 Å². The molecule has 0 aliphatic carbocycles. The Hall–Kier alpha value is 2.07. The van der Waals surface area contributed by atoms with Crippen LogP contribution in [0.25, 0.3) is 0 Å². The van der Waals surface area contributed by atoms with Crippen LogP contribution in [0.1, 0.15) is 0 Å². The fourth-order valence-corrected chi connectivity index (χ4v) is 0. The van der Waals surface area contributed by atoms with Crippen molar-refractivity contribution in [1.29, 1.82) is 0 Å². The second-order valence-electron chi connectivity index (χ2n) is 0.204. The average molecular weight is 391 g/mol. The van der Waals surface area contributed by atoms with Crippen LogP contribution in [0.2, 0.25) is 0 Å². The van der Waals surface area contributed by atoms with Gasteiger partial charge >= 0.3 is 106 Å². The third-order valence-electron chi connectivity index (χ3n) is 0. The summed E-state index contributed by atoms with van der Waals surface area (Å²) in [5.41, 5.74) is 0. The molecule has 6 nitrogen and oxygen atoms in total. The molecule has 10 heavy (non-hydrogen) atoms. The summed E-state index contributed by atoms with van der Waals surface area (Å²) in [6.45, 7) is 0. The summed E-state index contributed by atoms with van der Waals surface area (Å²) in [7, 11) is 0. The van der Waals surface area contributed by atoms with Crippen LogP contribution in [-0.2, 0) is 57.9 Å². The zero-order chi connectivity index (χ0) is 8.12. The summed E-state index contributed by atoms with van der Waals surface area (Å²) in [5, 5.41) is 0. The van der Waals surface area contributed by atoms with Crippen LogP contribution < -0.4 is 12.5 Å². The van der Waals surface area contributed by atoms with Crippen molar-refractivity contribution in [1.82, 2.24) is 0 Å². The summed E-state index contributed by atoms with van der Waals surface area (Å²) >= 11 is -4.88. The van der Waals surface area contributed by atoms with Crippen molar-refractivity contribution >= 4 is 0 Å². The molecule has 57 valence electrons. The monoisotopic (exact) mass is 391 g/mol. The van der Waals surface area contributed by atoms with Gasteiger partial charge in [-0.1, -0.05) is 0 Å². The third kappa shape index (κ3) is 193. The topological polar surface area (TPSA) is 120 Å². The zero-order valence-electron chi connectivity index (χ0n) is 4.25. The summed E-state index contributed by atoms with van der Waals surface area (Å²) in [5.74, 6) is 0. The molecule has 0 aromatic carbocycles. The van der Waals surface area contributed by atoms with Gasteiger partial charge in [-0.25, -0.2) is 0 Å². The van der Waals surface area contributed by atoms with Gasteiger partial charge in [-0.2, -0.15) is 0 Å². The molecule has 10 heteroatoms. The molecule has 0 spiro atoms. The van der Waals surface area contributed by atoms with Crippen LogP contribution in [0.4, 0.5) is 0 Å². The summed E-state index contributed by atoms with van der Waals surface area (Å²) < 4.78 is 50.6. The fourth-order valence-electron chi connectivity index (χ4n) is 0. The van der Waals surface area contributed by atoms with Gasteiger partial charge in [-0.3, -0.25) is 0 Å².